The van der Waals surface area contributed by atoms with Crippen LogP contribution in [0.3, 0.4) is 0 Å². The molecule has 4 unspecified atom stereocenters. The van der Waals surface area contributed by atoms with Crippen molar-refractivity contribution in [3.63, 3.8) is 0 Å². The minimum Gasteiger partial charge on any atom is -0.393 e. The molecule has 0 saturated carbocycles. The molecule has 10 nitrogen and oxygen atoms in total. The third-order valence-corrected chi connectivity index (χ3v) is 7.00. The number of aliphatic hydroxyl groups is 6. The van der Waals surface area contributed by atoms with E-state index in [1.165, 1.54) is 0 Å². The van der Waals surface area contributed by atoms with Crippen molar-refractivity contribution in [1.29, 1.82) is 0 Å². The zero-order chi connectivity index (χ0) is 31.2. The molecule has 0 spiro atoms. The Morgan fingerprint density at radius 1 is 0.500 bits per heavy atom. The molecule has 236 valence electrons. The first-order chi connectivity index (χ1) is 18.9. The van der Waals surface area contributed by atoms with Crippen molar-refractivity contribution >= 4 is 23.1 Å². The number of Topliss-reactive ketones (excluding diaryl/α,β-unsaturated/α-hetero) is 4. The van der Waals surface area contributed by atoms with Gasteiger partial charge in [-0.1, -0.05) is 79.1 Å². The van der Waals surface area contributed by atoms with Gasteiger partial charge in [-0.05, 0) is 25.7 Å². The van der Waals surface area contributed by atoms with Crippen molar-refractivity contribution < 1.29 is 49.8 Å². The van der Waals surface area contributed by atoms with Crippen molar-refractivity contribution in [1.82, 2.24) is 0 Å². The van der Waals surface area contributed by atoms with Gasteiger partial charge in [-0.25, -0.2) is 0 Å². The van der Waals surface area contributed by atoms with Crippen LogP contribution in [0, 0.1) is 0 Å². The Morgan fingerprint density at radius 2 is 0.825 bits per heavy atom. The fourth-order valence-corrected chi connectivity index (χ4v) is 4.11. The lowest BCUT2D eigenvalue weighted by Gasteiger charge is -2.28. The molecular weight excluding hydrogens is 520 g/mol. The van der Waals surface area contributed by atoms with E-state index < -0.39 is 59.8 Å². The summed E-state index contributed by atoms with van der Waals surface area (Å²) in [4.78, 5) is 47.3. The van der Waals surface area contributed by atoms with Crippen LogP contribution in [-0.2, 0) is 19.2 Å². The maximum absolute atomic E-state index is 12.1. The van der Waals surface area contributed by atoms with Crippen LogP contribution in [0.4, 0.5) is 0 Å². The summed E-state index contributed by atoms with van der Waals surface area (Å²) >= 11 is 0. The molecule has 0 saturated heterocycles. The van der Waals surface area contributed by atoms with Crippen molar-refractivity contribution in [3.05, 3.63) is 0 Å². The molecule has 0 amide bonds. The normalized spacial score (nSPS) is 15.7. The monoisotopic (exact) mass is 576 g/mol. The number of carbonyl (C=O) groups is 4. The van der Waals surface area contributed by atoms with E-state index in [9.17, 15) is 44.7 Å². The van der Waals surface area contributed by atoms with Gasteiger partial charge >= 0.3 is 0 Å². The highest BCUT2D eigenvalue weighted by Crippen LogP contribution is 2.20. The number of aliphatic hydroxyl groups excluding tert-OH is 4. The van der Waals surface area contributed by atoms with E-state index in [1.54, 1.807) is 6.92 Å². The first-order valence-electron chi connectivity index (χ1n) is 15.0. The molecule has 0 aromatic carbocycles. The lowest BCUT2D eigenvalue weighted by Crippen LogP contribution is -2.55. The number of ketones is 4. The van der Waals surface area contributed by atoms with Crippen LogP contribution < -0.4 is 0 Å². The highest BCUT2D eigenvalue weighted by Gasteiger charge is 2.46. The van der Waals surface area contributed by atoms with Crippen molar-refractivity contribution in [2.45, 2.75) is 154 Å². The third kappa shape index (κ3) is 14.4. The minimum absolute atomic E-state index is 0.0242. The fourth-order valence-electron chi connectivity index (χ4n) is 4.11. The first-order valence-corrected chi connectivity index (χ1v) is 15.0. The van der Waals surface area contributed by atoms with Crippen molar-refractivity contribution in [2.24, 2.45) is 0 Å². The van der Waals surface area contributed by atoms with E-state index in [-0.39, 0.29) is 25.7 Å². The minimum atomic E-state index is -2.35. The largest absolute Gasteiger partial charge is 0.393 e. The average Bonchev–Trinajstić information content (AvgIpc) is 2.95. The van der Waals surface area contributed by atoms with E-state index in [1.807, 2.05) is 13.8 Å². The van der Waals surface area contributed by atoms with Crippen LogP contribution in [0.2, 0.25) is 0 Å². The van der Waals surface area contributed by atoms with Crippen LogP contribution >= 0.6 is 0 Å². The number of unbranched alkanes of at least 4 members (excludes halogenated alkanes) is 8. The Labute approximate surface area is 240 Å². The van der Waals surface area contributed by atoms with Crippen LogP contribution in [0.15, 0.2) is 0 Å². The molecule has 0 aliphatic rings. The van der Waals surface area contributed by atoms with Gasteiger partial charge in [-0.3, -0.25) is 19.2 Å². The lowest BCUT2D eigenvalue weighted by molar-refractivity contribution is -0.165. The van der Waals surface area contributed by atoms with E-state index >= 15 is 0 Å². The molecule has 0 heterocycles. The predicted octanol–water partition coefficient (Wildman–Crippen LogP) is 2.74. The predicted molar refractivity (Wildman–Crippen MR) is 153 cm³/mol. The standard InChI is InChI=1S/C17H32O5.C13H24O5/c1-3-5-7-8-10-12-15(20)17(22,13-18)16(21)14(19)11-9-6-4-2;1-3-5-6-8-10(15)12(17)13(18,9-14)11(16)7-4-2/h16,18,21-22H,3-13H2,1-2H3;12,14,17-18H,3-9H2,1-2H3. The highest BCUT2D eigenvalue weighted by molar-refractivity contribution is 5.96. The number of rotatable bonds is 24. The molecule has 0 bridgehead atoms. The number of hydrogen-bond acceptors (Lipinski definition) is 10. The second kappa shape index (κ2) is 23.1. The molecule has 0 aromatic heterocycles. The van der Waals surface area contributed by atoms with Gasteiger partial charge in [0.15, 0.2) is 46.5 Å². The van der Waals surface area contributed by atoms with Crippen LogP contribution in [-0.4, -0.2) is 90.4 Å². The smallest absolute Gasteiger partial charge is 0.178 e. The number of carbonyl (C=O) groups excluding carboxylic acids is 4. The summed E-state index contributed by atoms with van der Waals surface area (Å²) < 4.78 is 0. The zero-order valence-electron chi connectivity index (χ0n) is 25.2. The summed E-state index contributed by atoms with van der Waals surface area (Å²) in [7, 11) is 0. The van der Waals surface area contributed by atoms with Gasteiger partial charge in [0.2, 0.25) is 0 Å². The summed E-state index contributed by atoms with van der Waals surface area (Å²) in [6, 6.07) is 0. The molecule has 0 radical (unpaired) electrons. The van der Waals surface area contributed by atoms with Gasteiger partial charge in [0.25, 0.3) is 0 Å². The Hall–Kier alpha value is -1.56. The maximum Gasteiger partial charge on any atom is 0.178 e. The first kappa shape index (κ1) is 40.6. The molecule has 0 aliphatic heterocycles. The summed E-state index contributed by atoms with van der Waals surface area (Å²) in [6.07, 6.45) is 6.57. The maximum atomic E-state index is 12.1. The van der Waals surface area contributed by atoms with E-state index in [2.05, 4.69) is 6.92 Å². The van der Waals surface area contributed by atoms with E-state index in [0.717, 1.165) is 51.4 Å². The van der Waals surface area contributed by atoms with E-state index in [4.69, 9.17) is 5.11 Å². The molecule has 0 rings (SSSR count). The quantitative estimate of drug-likeness (QED) is 0.0932. The second-order valence-electron chi connectivity index (χ2n) is 10.6. The molecule has 0 aromatic rings. The van der Waals surface area contributed by atoms with Crippen molar-refractivity contribution in [3.8, 4) is 0 Å². The van der Waals surface area contributed by atoms with Crippen LogP contribution in [0.25, 0.3) is 0 Å². The summed E-state index contributed by atoms with van der Waals surface area (Å²) in [5, 5.41) is 58.3. The van der Waals surface area contributed by atoms with Crippen molar-refractivity contribution in [2.75, 3.05) is 13.2 Å². The van der Waals surface area contributed by atoms with Gasteiger partial charge < -0.3 is 30.6 Å². The zero-order valence-corrected chi connectivity index (χ0v) is 25.2. The molecule has 6 N–H and O–H groups in total. The van der Waals surface area contributed by atoms with Gasteiger partial charge in [0.1, 0.15) is 0 Å². The summed E-state index contributed by atoms with van der Waals surface area (Å²) in [5.41, 5.74) is -4.70. The third-order valence-electron chi connectivity index (χ3n) is 7.00. The second-order valence-corrected chi connectivity index (χ2v) is 10.6. The fraction of sp³-hybridized carbons (Fsp3) is 0.867. The Bertz CT molecular complexity index is 725. The molecular formula is C30H56O10. The summed E-state index contributed by atoms with van der Waals surface area (Å²) in [6.45, 7) is 5.94. The Kier molecular flexibility index (Phi) is 23.4. The molecule has 10 heteroatoms. The van der Waals surface area contributed by atoms with Gasteiger partial charge in [0, 0.05) is 25.7 Å². The topological polar surface area (TPSA) is 190 Å². The van der Waals surface area contributed by atoms with Gasteiger partial charge in [0.05, 0.1) is 13.2 Å². The Morgan fingerprint density at radius 3 is 1.18 bits per heavy atom. The number of hydrogen-bond donors (Lipinski definition) is 6. The van der Waals surface area contributed by atoms with Crippen LogP contribution in [0.5, 0.6) is 0 Å². The van der Waals surface area contributed by atoms with E-state index in [0.29, 0.717) is 25.7 Å². The Balaban J connectivity index is 0. The van der Waals surface area contributed by atoms with Gasteiger partial charge in [-0.2, -0.15) is 0 Å². The average molecular weight is 577 g/mol. The lowest BCUT2D eigenvalue weighted by atomic mass is 9.86. The van der Waals surface area contributed by atoms with Gasteiger partial charge in [-0.15, -0.1) is 0 Å². The molecule has 4 atom stereocenters. The summed E-state index contributed by atoms with van der Waals surface area (Å²) in [5.74, 6) is -2.51. The molecule has 0 aliphatic carbocycles. The molecule has 0 fully saturated rings. The SMILES string of the molecule is CCCCCC(=O)C(O)C(O)(CO)C(=O)CCC.CCCCCCCC(=O)C(O)(CO)C(O)C(=O)CCCCC. The van der Waals surface area contributed by atoms with Crippen LogP contribution in [0.1, 0.15) is 130 Å². The molecule has 40 heavy (non-hydrogen) atoms. The highest BCUT2D eigenvalue weighted by atomic mass is 16.4.